The van der Waals surface area contributed by atoms with Crippen molar-refractivity contribution in [3.05, 3.63) is 38.7 Å². The molecule has 0 aliphatic carbocycles. The third kappa shape index (κ3) is 3.94. The van der Waals surface area contributed by atoms with Crippen LogP contribution in [0.3, 0.4) is 0 Å². The highest BCUT2D eigenvalue weighted by Crippen LogP contribution is 1.96. The Labute approximate surface area is 110 Å². The summed E-state index contributed by atoms with van der Waals surface area (Å²) in [4.78, 5) is 34.6. The largest absolute Gasteiger partial charge is 0.462 e. The van der Waals surface area contributed by atoms with Gasteiger partial charge >= 0.3 is 11.7 Å². The fourth-order valence-electron chi connectivity index (χ4n) is 1.41. The molecule has 0 amide bonds. The molecule has 0 fully saturated rings. The molecule has 0 N–H and O–H groups in total. The van der Waals surface area contributed by atoms with Crippen LogP contribution in [0.4, 0.5) is 0 Å². The van der Waals surface area contributed by atoms with E-state index in [1.165, 1.54) is 37.0 Å². The SMILES string of the molecule is CC(C)COC(=O)/C=C/c1cn(C)c(=O)n(C)c1=O. The normalized spacial score (nSPS) is 11.2. The van der Waals surface area contributed by atoms with E-state index >= 15 is 0 Å². The second-order valence-electron chi connectivity index (χ2n) is 4.70. The fraction of sp³-hybridized carbons (Fsp3) is 0.462. The quantitative estimate of drug-likeness (QED) is 0.580. The van der Waals surface area contributed by atoms with Crippen LogP contribution in [0.5, 0.6) is 0 Å². The Morgan fingerprint density at radius 2 is 2.00 bits per heavy atom. The van der Waals surface area contributed by atoms with Crippen molar-refractivity contribution in [3.63, 3.8) is 0 Å². The zero-order valence-corrected chi connectivity index (χ0v) is 11.5. The van der Waals surface area contributed by atoms with Crippen molar-refractivity contribution in [2.75, 3.05) is 6.61 Å². The molecule has 19 heavy (non-hydrogen) atoms. The van der Waals surface area contributed by atoms with Gasteiger partial charge in [-0.3, -0.25) is 9.36 Å². The molecule has 1 aromatic heterocycles. The van der Waals surface area contributed by atoms with Crippen LogP contribution in [-0.2, 0) is 23.6 Å². The Morgan fingerprint density at radius 1 is 1.37 bits per heavy atom. The molecule has 6 nitrogen and oxygen atoms in total. The Bertz CT molecular complexity index is 608. The van der Waals surface area contributed by atoms with Crippen LogP contribution in [0.15, 0.2) is 21.9 Å². The van der Waals surface area contributed by atoms with Gasteiger partial charge in [0.1, 0.15) is 0 Å². The first-order chi connectivity index (χ1) is 8.82. The van der Waals surface area contributed by atoms with Gasteiger partial charge < -0.3 is 9.30 Å². The summed E-state index contributed by atoms with van der Waals surface area (Å²) in [6.07, 6.45) is 3.92. The van der Waals surface area contributed by atoms with Gasteiger partial charge in [-0.1, -0.05) is 13.8 Å². The van der Waals surface area contributed by atoms with Crippen LogP contribution in [0.2, 0.25) is 0 Å². The predicted molar refractivity (Wildman–Crippen MR) is 71.8 cm³/mol. The lowest BCUT2D eigenvalue weighted by atomic mass is 10.2. The van der Waals surface area contributed by atoms with Crippen LogP contribution in [0.1, 0.15) is 19.4 Å². The Hall–Kier alpha value is -2.11. The summed E-state index contributed by atoms with van der Waals surface area (Å²) in [6.45, 7) is 4.19. The summed E-state index contributed by atoms with van der Waals surface area (Å²) in [7, 11) is 2.93. The zero-order valence-electron chi connectivity index (χ0n) is 11.5. The number of carbonyl (C=O) groups excluding carboxylic acids is 1. The van der Waals surface area contributed by atoms with Crippen molar-refractivity contribution in [1.29, 1.82) is 0 Å². The van der Waals surface area contributed by atoms with E-state index in [2.05, 4.69) is 0 Å². The molecular formula is C13H18N2O4. The smallest absolute Gasteiger partial charge is 0.330 e. The molecule has 0 aromatic carbocycles. The van der Waals surface area contributed by atoms with Crippen molar-refractivity contribution in [1.82, 2.24) is 9.13 Å². The van der Waals surface area contributed by atoms with Crippen LogP contribution in [-0.4, -0.2) is 21.7 Å². The Morgan fingerprint density at radius 3 is 2.58 bits per heavy atom. The van der Waals surface area contributed by atoms with Crippen LogP contribution < -0.4 is 11.2 Å². The minimum absolute atomic E-state index is 0.253. The number of nitrogens with zero attached hydrogens (tertiary/aromatic N) is 2. The van der Waals surface area contributed by atoms with Gasteiger partial charge in [-0.05, 0) is 12.0 Å². The van der Waals surface area contributed by atoms with Gasteiger partial charge in [0.15, 0.2) is 0 Å². The zero-order chi connectivity index (χ0) is 14.6. The molecule has 0 radical (unpaired) electrons. The maximum Gasteiger partial charge on any atom is 0.330 e. The highest BCUT2D eigenvalue weighted by atomic mass is 16.5. The van der Waals surface area contributed by atoms with E-state index < -0.39 is 17.2 Å². The van der Waals surface area contributed by atoms with Gasteiger partial charge in [-0.15, -0.1) is 0 Å². The minimum Gasteiger partial charge on any atom is -0.462 e. The standard InChI is InChI=1S/C13H18N2O4/c1-9(2)8-19-11(16)6-5-10-7-14(3)13(18)15(4)12(10)17/h5-7,9H,8H2,1-4H3/b6-5+. The van der Waals surface area contributed by atoms with Crippen LogP contribution >= 0.6 is 0 Å². The van der Waals surface area contributed by atoms with E-state index in [9.17, 15) is 14.4 Å². The summed E-state index contributed by atoms with van der Waals surface area (Å²) in [5.41, 5.74) is -0.605. The molecule has 6 heteroatoms. The van der Waals surface area contributed by atoms with Crippen LogP contribution in [0.25, 0.3) is 6.08 Å². The van der Waals surface area contributed by atoms with E-state index in [0.717, 1.165) is 4.57 Å². The topological polar surface area (TPSA) is 70.3 Å². The van der Waals surface area contributed by atoms with E-state index in [1.54, 1.807) is 0 Å². The maximum absolute atomic E-state index is 11.8. The van der Waals surface area contributed by atoms with Gasteiger partial charge in [-0.25, -0.2) is 9.59 Å². The minimum atomic E-state index is -0.510. The molecule has 0 saturated carbocycles. The molecule has 104 valence electrons. The molecule has 0 bridgehead atoms. The molecule has 0 aliphatic heterocycles. The first kappa shape index (κ1) is 14.9. The average molecular weight is 266 g/mol. The first-order valence-electron chi connectivity index (χ1n) is 5.94. The highest BCUT2D eigenvalue weighted by Gasteiger charge is 2.05. The number of hydrogen-bond acceptors (Lipinski definition) is 4. The van der Waals surface area contributed by atoms with E-state index in [4.69, 9.17) is 4.74 Å². The number of aryl methyl sites for hydroxylation is 1. The van der Waals surface area contributed by atoms with Crippen LogP contribution in [0, 0.1) is 5.92 Å². The molecule has 0 unspecified atom stereocenters. The maximum atomic E-state index is 11.8. The van der Waals surface area contributed by atoms with E-state index in [0.29, 0.717) is 6.61 Å². The molecule has 0 saturated heterocycles. The second-order valence-corrected chi connectivity index (χ2v) is 4.70. The van der Waals surface area contributed by atoms with Gasteiger partial charge in [0.2, 0.25) is 0 Å². The summed E-state index contributed by atoms with van der Waals surface area (Å²) >= 11 is 0. The van der Waals surface area contributed by atoms with Crippen molar-refractivity contribution in [2.45, 2.75) is 13.8 Å². The van der Waals surface area contributed by atoms with Crippen molar-refractivity contribution >= 4 is 12.0 Å². The lowest BCUT2D eigenvalue weighted by molar-refractivity contribution is -0.138. The number of aromatic nitrogens is 2. The summed E-state index contributed by atoms with van der Waals surface area (Å²) in [6, 6.07) is 0. The van der Waals surface area contributed by atoms with Gasteiger partial charge in [0.25, 0.3) is 5.56 Å². The molecule has 1 aromatic rings. The molecule has 0 aliphatic rings. The summed E-state index contributed by atoms with van der Waals surface area (Å²) in [5.74, 6) is -0.257. The van der Waals surface area contributed by atoms with E-state index in [-0.39, 0.29) is 11.5 Å². The Kier molecular flexibility index (Phi) is 4.86. The van der Waals surface area contributed by atoms with Gasteiger partial charge in [0, 0.05) is 26.4 Å². The Balaban J connectivity index is 2.92. The third-order valence-corrected chi connectivity index (χ3v) is 2.43. The molecule has 0 atom stereocenters. The fourth-order valence-corrected chi connectivity index (χ4v) is 1.41. The number of hydrogen-bond donors (Lipinski definition) is 0. The summed E-state index contributed by atoms with van der Waals surface area (Å²) < 4.78 is 7.21. The number of esters is 1. The summed E-state index contributed by atoms with van der Waals surface area (Å²) in [5, 5.41) is 0. The number of ether oxygens (including phenoxy) is 1. The highest BCUT2D eigenvalue weighted by molar-refractivity contribution is 5.86. The molecule has 0 spiro atoms. The molecule has 1 heterocycles. The van der Waals surface area contributed by atoms with E-state index in [1.807, 2.05) is 13.8 Å². The number of rotatable bonds is 4. The molecular weight excluding hydrogens is 248 g/mol. The third-order valence-electron chi connectivity index (χ3n) is 2.43. The lowest BCUT2D eigenvalue weighted by Crippen LogP contribution is -2.37. The lowest BCUT2D eigenvalue weighted by Gasteiger charge is -2.05. The van der Waals surface area contributed by atoms with Crippen molar-refractivity contribution in [2.24, 2.45) is 20.0 Å². The average Bonchev–Trinajstić information content (AvgIpc) is 2.36. The molecule has 1 rings (SSSR count). The monoisotopic (exact) mass is 266 g/mol. The number of carbonyl (C=O) groups is 1. The van der Waals surface area contributed by atoms with Gasteiger partial charge in [0.05, 0.1) is 12.2 Å². The van der Waals surface area contributed by atoms with Crippen molar-refractivity contribution < 1.29 is 9.53 Å². The second kappa shape index (κ2) is 6.17. The predicted octanol–water partition coefficient (Wildman–Crippen LogP) is 0.296. The first-order valence-corrected chi connectivity index (χ1v) is 5.94. The van der Waals surface area contributed by atoms with Crippen molar-refractivity contribution in [3.8, 4) is 0 Å². The van der Waals surface area contributed by atoms with Gasteiger partial charge in [-0.2, -0.15) is 0 Å².